The summed E-state index contributed by atoms with van der Waals surface area (Å²) >= 11 is 0. The summed E-state index contributed by atoms with van der Waals surface area (Å²) in [5.41, 5.74) is 1.96. The Bertz CT molecular complexity index is 553. The summed E-state index contributed by atoms with van der Waals surface area (Å²) in [7, 11) is 0. The Morgan fingerprint density at radius 3 is 1.79 bits per heavy atom. The van der Waals surface area contributed by atoms with Crippen LogP contribution in [0.1, 0.15) is 0 Å². The molecule has 2 aromatic carbocycles. The topological polar surface area (TPSA) is 23.6 Å². The van der Waals surface area contributed by atoms with Gasteiger partial charge in [-0.15, -0.1) is 0 Å². The number of hydrogen-bond acceptors (Lipinski definition) is 2. The van der Waals surface area contributed by atoms with Gasteiger partial charge in [0.2, 0.25) is 0 Å². The molecule has 3 nitrogen and oxygen atoms in total. The fraction of sp³-hybridized carbons (Fsp3) is 0.0625. The minimum Gasteiger partial charge on any atom is -0.268 e. The van der Waals surface area contributed by atoms with Crippen LogP contribution < -0.4 is 5.01 Å². The molecule has 1 aliphatic heterocycles. The van der Waals surface area contributed by atoms with E-state index in [2.05, 4.69) is 0 Å². The van der Waals surface area contributed by atoms with E-state index in [0.717, 1.165) is 11.4 Å². The minimum atomic E-state index is 0.00714. The molecule has 1 amide bonds. The zero-order chi connectivity index (χ0) is 13.1. The van der Waals surface area contributed by atoms with E-state index in [9.17, 15) is 4.79 Å². The largest absolute Gasteiger partial charge is 0.268 e. The summed E-state index contributed by atoms with van der Waals surface area (Å²) in [6.07, 6.45) is 3.49. The minimum absolute atomic E-state index is 0.00714. The second kappa shape index (κ2) is 4.98. The molecule has 19 heavy (non-hydrogen) atoms. The quantitative estimate of drug-likeness (QED) is 0.835. The third-order valence-corrected chi connectivity index (χ3v) is 3.04. The monoisotopic (exact) mass is 250 g/mol. The maximum absolute atomic E-state index is 12.0. The van der Waals surface area contributed by atoms with Crippen LogP contribution in [0.15, 0.2) is 72.8 Å². The summed E-state index contributed by atoms with van der Waals surface area (Å²) in [6.45, 7) is 0.600. The first-order valence-corrected chi connectivity index (χ1v) is 6.24. The van der Waals surface area contributed by atoms with Crippen molar-refractivity contribution in [1.29, 1.82) is 0 Å². The third-order valence-electron chi connectivity index (χ3n) is 3.04. The molecule has 0 saturated carbocycles. The highest BCUT2D eigenvalue weighted by molar-refractivity contribution is 5.92. The van der Waals surface area contributed by atoms with E-state index in [1.54, 1.807) is 11.1 Å². The first kappa shape index (κ1) is 11.5. The second-order valence-electron chi connectivity index (χ2n) is 4.31. The normalized spacial score (nSPS) is 13.9. The van der Waals surface area contributed by atoms with Gasteiger partial charge in [-0.25, -0.2) is 5.01 Å². The fourth-order valence-electron chi connectivity index (χ4n) is 2.18. The SMILES string of the molecule is O=C1C=CCN1N(c1ccccc1)c1ccccc1. The van der Waals surface area contributed by atoms with Gasteiger partial charge >= 0.3 is 0 Å². The molecule has 1 aliphatic rings. The Morgan fingerprint density at radius 2 is 1.37 bits per heavy atom. The lowest BCUT2D eigenvalue weighted by Gasteiger charge is -2.33. The summed E-state index contributed by atoms with van der Waals surface area (Å²) in [5, 5.41) is 3.67. The number of nitrogens with zero attached hydrogens (tertiary/aromatic N) is 2. The average Bonchev–Trinajstić information content (AvgIpc) is 2.88. The van der Waals surface area contributed by atoms with E-state index in [0.29, 0.717) is 6.54 Å². The maximum atomic E-state index is 12.0. The van der Waals surface area contributed by atoms with Crippen molar-refractivity contribution in [3.05, 3.63) is 72.8 Å². The molecule has 0 spiro atoms. The molecule has 1 heterocycles. The molecule has 0 atom stereocenters. The van der Waals surface area contributed by atoms with E-state index in [1.807, 2.05) is 71.7 Å². The number of amides is 1. The van der Waals surface area contributed by atoms with Crippen LogP contribution in [0.2, 0.25) is 0 Å². The van der Waals surface area contributed by atoms with E-state index in [1.165, 1.54) is 0 Å². The first-order valence-electron chi connectivity index (χ1n) is 6.24. The lowest BCUT2D eigenvalue weighted by Crippen LogP contribution is -2.40. The Labute approximate surface area is 112 Å². The standard InChI is InChI=1S/C16H14N2O/c19-16-12-7-13-17(16)18(14-8-3-1-4-9-14)15-10-5-2-6-11-15/h1-12H,13H2. The third kappa shape index (κ3) is 2.22. The van der Waals surface area contributed by atoms with Crippen LogP contribution in [0, 0.1) is 0 Å². The van der Waals surface area contributed by atoms with Gasteiger partial charge in [-0.2, -0.15) is 0 Å². The molecule has 3 heteroatoms. The van der Waals surface area contributed by atoms with Gasteiger partial charge in [0.05, 0.1) is 17.9 Å². The van der Waals surface area contributed by atoms with Gasteiger partial charge in [0, 0.05) is 6.08 Å². The lowest BCUT2D eigenvalue weighted by atomic mass is 10.2. The molecular weight excluding hydrogens is 236 g/mol. The molecule has 0 N–H and O–H groups in total. The van der Waals surface area contributed by atoms with Crippen LogP contribution in [-0.4, -0.2) is 17.5 Å². The Morgan fingerprint density at radius 1 is 0.842 bits per heavy atom. The maximum Gasteiger partial charge on any atom is 0.265 e. The van der Waals surface area contributed by atoms with Crippen molar-refractivity contribution in [3.8, 4) is 0 Å². The summed E-state index contributed by atoms with van der Waals surface area (Å²) in [5.74, 6) is 0.00714. The van der Waals surface area contributed by atoms with Crippen molar-refractivity contribution < 1.29 is 4.79 Å². The molecule has 0 radical (unpaired) electrons. The van der Waals surface area contributed by atoms with Crippen molar-refractivity contribution in [2.24, 2.45) is 0 Å². The van der Waals surface area contributed by atoms with E-state index in [4.69, 9.17) is 0 Å². The number of anilines is 2. The lowest BCUT2D eigenvalue weighted by molar-refractivity contribution is -0.124. The van der Waals surface area contributed by atoms with Crippen LogP contribution in [0.3, 0.4) is 0 Å². The van der Waals surface area contributed by atoms with Crippen LogP contribution in [0.5, 0.6) is 0 Å². The van der Waals surface area contributed by atoms with Crippen molar-refractivity contribution in [2.75, 3.05) is 11.6 Å². The number of benzene rings is 2. The Kier molecular flexibility index (Phi) is 3.02. The molecule has 0 unspecified atom stereocenters. The van der Waals surface area contributed by atoms with Crippen LogP contribution in [0.25, 0.3) is 0 Å². The van der Waals surface area contributed by atoms with E-state index in [-0.39, 0.29) is 5.91 Å². The van der Waals surface area contributed by atoms with Crippen molar-refractivity contribution >= 4 is 17.3 Å². The van der Waals surface area contributed by atoms with Gasteiger partial charge < -0.3 is 0 Å². The molecule has 94 valence electrons. The number of carbonyl (C=O) groups is 1. The van der Waals surface area contributed by atoms with Gasteiger partial charge in [-0.05, 0) is 24.3 Å². The summed E-state index contributed by atoms with van der Waals surface area (Å²) < 4.78 is 0. The van der Waals surface area contributed by atoms with Gasteiger partial charge in [0.25, 0.3) is 5.91 Å². The number of para-hydroxylation sites is 2. The predicted octanol–water partition coefficient (Wildman–Crippen LogP) is 3.14. The van der Waals surface area contributed by atoms with Crippen molar-refractivity contribution in [3.63, 3.8) is 0 Å². The fourth-order valence-corrected chi connectivity index (χ4v) is 2.18. The van der Waals surface area contributed by atoms with Gasteiger partial charge in [-0.3, -0.25) is 9.80 Å². The molecule has 0 aromatic heterocycles. The molecule has 0 aliphatic carbocycles. The zero-order valence-electron chi connectivity index (χ0n) is 10.4. The average molecular weight is 250 g/mol. The molecule has 0 saturated heterocycles. The highest BCUT2D eigenvalue weighted by Gasteiger charge is 2.23. The Hall–Kier alpha value is -2.55. The molecular formula is C16H14N2O. The number of carbonyl (C=O) groups excluding carboxylic acids is 1. The number of hydrogen-bond donors (Lipinski definition) is 0. The summed E-state index contributed by atoms with van der Waals surface area (Å²) in [6, 6.07) is 19.8. The van der Waals surface area contributed by atoms with Gasteiger partial charge in [0.15, 0.2) is 0 Å². The zero-order valence-corrected chi connectivity index (χ0v) is 10.4. The second-order valence-corrected chi connectivity index (χ2v) is 4.31. The van der Waals surface area contributed by atoms with Crippen molar-refractivity contribution in [2.45, 2.75) is 0 Å². The van der Waals surface area contributed by atoms with E-state index >= 15 is 0 Å². The highest BCUT2D eigenvalue weighted by Crippen LogP contribution is 2.28. The van der Waals surface area contributed by atoms with Crippen LogP contribution in [0.4, 0.5) is 11.4 Å². The van der Waals surface area contributed by atoms with Crippen molar-refractivity contribution in [1.82, 2.24) is 5.01 Å². The molecule has 0 bridgehead atoms. The highest BCUT2D eigenvalue weighted by atomic mass is 16.2. The predicted molar refractivity (Wildman–Crippen MR) is 75.9 cm³/mol. The summed E-state index contributed by atoms with van der Waals surface area (Å²) in [4.78, 5) is 12.0. The molecule has 2 aromatic rings. The molecule has 0 fully saturated rings. The number of hydrazine groups is 1. The smallest absolute Gasteiger partial charge is 0.265 e. The van der Waals surface area contributed by atoms with Crippen LogP contribution in [-0.2, 0) is 4.79 Å². The van der Waals surface area contributed by atoms with Crippen LogP contribution >= 0.6 is 0 Å². The first-order chi connectivity index (χ1) is 9.36. The molecule has 3 rings (SSSR count). The number of rotatable bonds is 3. The van der Waals surface area contributed by atoms with Gasteiger partial charge in [0.1, 0.15) is 0 Å². The van der Waals surface area contributed by atoms with E-state index < -0.39 is 0 Å². The van der Waals surface area contributed by atoms with Gasteiger partial charge in [-0.1, -0.05) is 42.5 Å². The Balaban J connectivity index is 2.04.